The van der Waals surface area contributed by atoms with Crippen LogP contribution in [0.1, 0.15) is 17.5 Å². The fraction of sp³-hybridized carbons (Fsp3) is 0.368. The van der Waals surface area contributed by atoms with E-state index < -0.39 is 0 Å². The molecule has 3 heteroatoms. The van der Waals surface area contributed by atoms with Crippen LogP contribution < -0.4 is 11.1 Å². The van der Waals surface area contributed by atoms with Crippen LogP contribution in [0, 0.1) is 0 Å². The summed E-state index contributed by atoms with van der Waals surface area (Å²) >= 11 is 0. The number of hydrogen-bond donors (Lipinski definition) is 2. The second-order valence-corrected chi connectivity index (χ2v) is 5.57. The standard InChI is InChI=1S/C19H27N3/c20-12-14-21-13-7-15-22(16-18-8-3-1-4-9-18)17-19-10-5-2-6-11-19/h1-6,8-11,21H,7,12-17,20H2. The predicted molar refractivity (Wildman–Crippen MR) is 93.5 cm³/mol. The highest BCUT2D eigenvalue weighted by atomic mass is 15.1. The third kappa shape index (κ3) is 6.39. The van der Waals surface area contributed by atoms with E-state index in [0.717, 1.165) is 39.1 Å². The maximum Gasteiger partial charge on any atom is 0.0237 e. The zero-order valence-corrected chi connectivity index (χ0v) is 13.2. The summed E-state index contributed by atoms with van der Waals surface area (Å²) in [6.45, 7) is 5.70. The van der Waals surface area contributed by atoms with Gasteiger partial charge in [-0.25, -0.2) is 0 Å². The van der Waals surface area contributed by atoms with Gasteiger partial charge in [0.15, 0.2) is 0 Å². The molecule has 0 aromatic heterocycles. The van der Waals surface area contributed by atoms with Gasteiger partial charge < -0.3 is 11.1 Å². The quantitative estimate of drug-likeness (QED) is 0.662. The zero-order chi connectivity index (χ0) is 15.5. The van der Waals surface area contributed by atoms with Crippen molar-refractivity contribution in [2.24, 2.45) is 5.73 Å². The first-order valence-electron chi connectivity index (χ1n) is 8.09. The van der Waals surface area contributed by atoms with Gasteiger partial charge in [-0.15, -0.1) is 0 Å². The predicted octanol–water partition coefficient (Wildman–Crippen LogP) is 2.63. The van der Waals surface area contributed by atoms with E-state index in [2.05, 4.69) is 70.9 Å². The average molecular weight is 297 g/mol. The van der Waals surface area contributed by atoms with E-state index in [-0.39, 0.29) is 0 Å². The monoisotopic (exact) mass is 297 g/mol. The first kappa shape index (κ1) is 16.7. The van der Waals surface area contributed by atoms with E-state index in [9.17, 15) is 0 Å². The van der Waals surface area contributed by atoms with Gasteiger partial charge in [-0.05, 0) is 24.1 Å². The van der Waals surface area contributed by atoms with Crippen LogP contribution >= 0.6 is 0 Å². The first-order chi connectivity index (χ1) is 10.9. The summed E-state index contributed by atoms with van der Waals surface area (Å²) in [7, 11) is 0. The van der Waals surface area contributed by atoms with Crippen molar-refractivity contribution < 1.29 is 0 Å². The van der Waals surface area contributed by atoms with Crippen molar-refractivity contribution in [1.29, 1.82) is 0 Å². The highest BCUT2D eigenvalue weighted by molar-refractivity contribution is 5.17. The van der Waals surface area contributed by atoms with E-state index in [4.69, 9.17) is 5.73 Å². The number of nitrogens with zero attached hydrogens (tertiary/aromatic N) is 1. The molecule has 0 amide bonds. The van der Waals surface area contributed by atoms with Crippen molar-refractivity contribution >= 4 is 0 Å². The Hall–Kier alpha value is -1.68. The Bertz CT molecular complexity index is 457. The van der Waals surface area contributed by atoms with Crippen LogP contribution in [0.4, 0.5) is 0 Å². The van der Waals surface area contributed by atoms with Gasteiger partial charge in [0.25, 0.3) is 0 Å². The Morgan fingerprint density at radius 2 is 1.32 bits per heavy atom. The van der Waals surface area contributed by atoms with Gasteiger partial charge in [0, 0.05) is 32.7 Å². The molecular weight excluding hydrogens is 270 g/mol. The van der Waals surface area contributed by atoms with Gasteiger partial charge in [-0.2, -0.15) is 0 Å². The highest BCUT2D eigenvalue weighted by Crippen LogP contribution is 2.10. The minimum absolute atomic E-state index is 0.706. The van der Waals surface area contributed by atoms with Gasteiger partial charge >= 0.3 is 0 Å². The summed E-state index contributed by atoms with van der Waals surface area (Å²) in [6.07, 6.45) is 1.14. The van der Waals surface area contributed by atoms with Gasteiger partial charge in [0.05, 0.1) is 0 Å². The SMILES string of the molecule is NCCNCCCN(Cc1ccccc1)Cc1ccccc1. The maximum atomic E-state index is 5.50. The normalized spacial score (nSPS) is 11.0. The minimum Gasteiger partial charge on any atom is -0.329 e. The van der Waals surface area contributed by atoms with Crippen molar-refractivity contribution in [2.75, 3.05) is 26.2 Å². The molecule has 22 heavy (non-hydrogen) atoms. The van der Waals surface area contributed by atoms with Crippen molar-refractivity contribution in [2.45, 2.75) is 19.5 Å². The molecule has 0 saturated carbocycles. The molecule has 3 nitrogen and oxygen atoms in total. The van der Waals surface area contributed by atoms with E-state index in [1.54, 1.807) is 0 Å². The fourth-order valence-electron chi connectivity index (χ4n) is 2.55. The summed E-state index contributed by atoms with van der Waals surface area (Å²) in [6, 6.07) is 21.4. The van der Waals surface area contributed by atoms with E-state index in [1.807, 2.05) is 0 Å². The van der Waals surface area contributed by atoms with Crippen molar-refractivity contribution in [3.05, 3.63) is 71.8 Å². The summed E-state index contributed by atoms with van der Waals surface area (Å²) in [5, 5.41) is 3.37. The Labute approximate surface area is 134 Å². The zero-order valence-electron chi connectivity index (χ0n) is 13.2. The smallest absolute Gasteiger partial charge is 0.0237 e. The van der Waals surface area contributed by atoms with Crippen LogP contribution in [0.5, 0.6) is 0 Å². The third-order valence-corrected chi connectivity index (χ3v) is 3.65. The Morgan fingerprint density at radius 1 is 0.773 bits per heavy atom. The Balaban J connectivity index is 1.88. The van der Waals surface area contributed by atoms with Crippen molar-refractivity contribution in [3.63, 3.8) is 0 Å². The number of benzene rings is 2. The summed E-state index contributed by atoms with van der Waals surface area (Å²) in [4.78, 5) is 2.51. The summed E-state index contributed by atoms with van der Waals surface area (Å²) in [5.41, 5.74) is 8.24. The van der Waals surface area contributed by atoms with Crippen LogP contribution in [-0.2, 0) is 13.1 Å². The van der Waals surface area contributed by atoms with E-state index in [0.29, 0.717) is 6.54 Å². The van der Waals surface area contributed by atoms with E-state index in [1.165, 1.54) is 11.1 Å². The van der Waals surface area contributed by atoms with Gasteiger partial charge in [-0.3, -0.25) is 4.90 Å². The molecule has 0 radical (unpaired) electrons. The Kier molecular flexibility index (Phi) is 7.67. The lowest BCUT2D eigenvalue weighted by Gasteiger charge is -2.22. The first-order valence-corrected chi connectivity index (χ1v) is 8.09. The molecule has 0 fully saturated rings. The highest BCUT2D eigenvalue weighted by Gasteiger charge is 2.06. The lowest BCUT2D eigenvalue weighted by atomic mass is 10.1. The molecule has 118 valence electrons. The van der Waals surface area contributed by atoms with Crippen molar-refractivity contribution in [1.82, 2.24) is 10.2 Å². The molecule has 0 aliphatic rings. The number of nitrogens with one attached hydrogen (secondary N) is 1. The van der Waals surface area contributed by atoms with E-state index >= 15 is 0 Å². The maximum absolute atomic E-state index is 5.50. The molecule has 2 aromatic rings. The molecule has 2 aromatic carbocycles. The van der Waals surface area contributed by atoms with Gasteiger partial charge in [0.1, 0.15) is 0 Å². The van der Waals surface area contributed by atoms with Crippen LogP contribution in [0.15, 0.2) is 60.7 Å². The van der Waals surface area contributed by atoms with Crippen LogP contribution in [0.3, 0.4) is 0 Å². The molecule has 0 spiro atoms. The van der Waals surface area contributed by atoms with Gasteiger partial charge in [0.2, 0.25) is 0 Å². The van der Waals surface area contributed by atoms with Crippen LogP contribution in [-0.4, -0.2) is 31.1 Å². The average Bonchev–Trinajstić information content (AvgIpc) is 2.56. The number of hydrogen-bond acceptors (Lipinski definition) is 3. The summed E-state index contributed by atoms with van der Waals surface area (Å²) in [5.74, 6) is 0. The molecular formula is C19H27N3. The molecule has 0 atom stereocenters. The molecule has 2 rings (SSSR count). The largest absolute Gasteiger partial charge is 0.329 e. The minimum atomic E-state index is 0.706. The molecule has 0 heterocycles. The van der Waals surface area contributed by atoms with Gasteiger partial charge in [-0.1, -0.05) is 60.7 Å². The third-order valence-electron chi connectivity index (χ3n) is 3.65. The lowest BCUT2D eigenvalue weighted by Crippen LogP contribution is -2.29. The number of nitrogens with two attached hydrogens (primary N) is 1. The molecule has 0 unspecified atom stereocenters. The molecule has 0 bridgehead atoms. The van der Waals surface area contributed by atoms with Crippen LogP contribution in [0.25, 0.3) is 0 Å². The Morgan fingerprint density at radius 3 is 1.82 bits per heavy atom. The summed E-state index contributed by atoms with van der Waals surface area (Å²) < 4.78 is 0. The fourth-order valence-corrected chi connectivity index (χ4v) is 2.55. The topological polar surface area (TPSA) is 41.3 Å². The van der Waals surface area contributed by atoms with Crippen LogP contribution in [0.2, 0.25) is 0 Å². The molecule has 3 N–H and O–H groups in total. The molecule has 0 aliphatic heterocycles. The molecule has 0 aliphatic carbocycles. The second kappa shape index (κ2) is 10.1. The molecule has 0 saturated heterocycles. The lowest BCUT2D eigenvalue weighted by molar-refractivity contribution is 0.252. The second-order valence-electron chi connectivity index (χ2n) is 5.57. The van der Waals surface area contributed by atoms with Crippen molar-refractivity contribution in [3.8, 4) is 0 Å². The number of rotatable bonds is 10.